The number of nitrogens with one attached hydrogen (secondary N) is 1. The van der Waals surface area contributed by atoms with Crippen LogP contribution in [0.5, 0.6) is 0 Å². The van der Waals surface area contributed by atoms with Crippen LogP contribution in [0.3, 0.4) is 0 Å². The number of carbonyl (C=O) groups excluding carboxylic acids is 1. The number of halogens is 1. The van der Waals surface area contributed by atoms with E-state index in [-0.39, 0.29) is 19.0 Å². The Morgan fingerprint density at radius 3 is 2.43 bits per heavy atom. The van der Waals surface area contributed by atoms with Crippen LogP contribution in [0.15, 0.2) is 54.6 Å². The number of rotatable bonds is 7. The van der Waals surface area contributed by atoms with Gasteiger partial charge in [-0.05, 0) is 30.0 Å². The van der Waals surface area contributed by atoms with Crippen molar-refractivity contribution < 1.29 is 13.2 Å². The van der Waals surface area contributed by atoms with Crippen molar-refractivity contribution in [2.24, 2.45) is 0 Å². The van der Waals surface area contributed by atoms with Crippen molar-refractivity contribution in [2.45, 2.75) is 19.4 Å². The number of hydrogen-bond acceptors (Lipinski definition) is 3. The molecule has 0 unspecified atom stereocenters. The van der Waals surface area contributed by atoms with Gasteiger partial charge in [-0.3, -0.25) is 4.79 Å². The first-order chi connectivity index (χ1) is 13.5. The lowest BCUT2D eigenvalue weighted by molar-refractivity contribution is -0.121. The molecule has 3 rings (SSSR count). The second-order valence-electron chi connectivity index (χ2n) is 6.71. The summed E-state index contributed by atoms with van der Waals surface area (Å²) in [5.74, 6) is -0.293. The van der Waals surface area contributed by atoms with E-state index in [1.807, 2.05) is 48.5 Å². The molecular weight excluding hydrogens is 398 g/mol. The highest BCUT2D eigenvalue weighted by atomic mass is 35.5. The fraction of sp³-hybridized carbons (Fsp3) is 0.350. The van der Waals surface area contributed by atoms with Crippen molar-refractivity contribution in [2.75, 3.05) is 26.2 Å². The second-order valence-corrected chi connectivity index (χ2v) is 9.04. The number of carbonyl (C=O) groups is 1. The molecule has 0 aliphatic carbocycles. The molecule has 0 saturated carbocycles. The molecule has 1 aliphatic heterocycles. The van der Waals surface area contributed by atoms with Gasteiger partial charge in [0.2, 0.25) is 5.91 Å². The Labute approximate surface area is 171 Å². The predicted octanol–water partition coefficient (Wildman–Crippen LogP) is 2.45. The van der Waals surface area contributed by atoms with Crippen LogP contribution in [0.1, 0.15) is 17.5 Å². The monoisotopic (exact) mass is 421 g/mol. The summed E-state index contributed by atoms with van der Waals surface area (Å²) in [5, 5.41) is 3.34. The summed E-state index contributed by atoms with van der Waals surface area (Å²) in [6, 6.07) is 17.0. The van der Waals surface area contributed by atoms with Crippen LogP contribution in [0.2, 0.25) is 5.02 Å². The summed E-state index contributed by atoms with van der Waals surface area (Å²) in [6.07, 6.45) is 1.37. The maximum atomic E-state index is 12.9. The standard InChI is InChI=1S/C20H24ClN3O3S/c21-19-10-5-4-9-18(19)15-23-13-6-14-24(28(23,26)27)16-20(25)22-12-11-17-7-2-1-3-8-17/h1-5,7-10H,6,11-16H2,(H,22,25). The van der Waals surface area contributed by atoms with Gasteiger partial charge in [0, 0.05) is 31.2 Å². The lowest BCUT2D eigenvalue weighted by Crippen LogP contribution is -2.52. The van der Waals surface area contributed by atoms with Gasteiger partial charge in [-0.15, -0.1) is 0 Å². The van der Waals surface area contributed by atoms with Crippen LogP contribution in [0, 0.1) is 0 Å². The Bertz CT molecular complexity index is 906. The minimum atomic E-state index is -3.70. The predicted molar refractivity (Wildman–Crippen MR) is 110 cm³/mol. The highest BCUT2D eigenvalue weighted by molar-refractivity contribution is 7.86. The van der Waals surface area contributed by atoms with E-state index in [1.54, 1.807) is 6.07 Å². The van der Waals surface area contributed by atoms with Crippen molar-refractivity contribution in [3.63, 3.8) is 0 Å². The third-order valence-corrected chi connectivity index (χ3v) is 6.97. The first-order valence-corrected chi connectivity index (χ1v) is 11.0. The van der Waals surface area contributed by atoms with Crippen molar-refractivity contribution in [1.29, 1.82) is 0 Å². The van der Waals surface area contributed by atoms with Gasteiger partial charge in [-0.1, -0.05) is 60.1 Å². The van der Waals surface area contributed by atoms with Crippen molar-refractivity contribution in [3.8, 4) is 0 Å². The highest BCUT2D eigenvalue weighted by Crippen LogP contribution is 2.22. The van der Waals surface area contributed by atoms with E-state index in [9.17, 15) is 13.2 Å². The molecular formula is C20H24ClN3O3S. The summed E-state index contributed by atoms with van der Waals surface area (Å²) < 4.78 is 28.4. The fourth-order valence-electron chi connectivity index (χ4n) is 3.16. The minimum Gasteiger partial charge on any atom is -0.355 e. The van der Waals surface area contributed by atoms with E-state index in [4.69, 9.17) is 11.6 Å². The Morgan fingerprint density at radius 1 is 1.00 bits per heavy atom. The number of amides is 1. The van der Waals surface area contributed by atoms with Gasteiger partial charge in [-0.2, -0.15) is 17.0 Å². The number of hydrogen-bond donors (Lipinski definition) is 1. The Hall–Kier alpha value is -1.93. The Kier molecular flexibility index (Phi) is 7.07. The molecule has 1 saturated heterocycles. The summed E-state index contributed by atoms with van der Waals surface area (Å²) in [6.45, 7) is 1.26. The van der Waals surface area contributed by atoms with Crippen molar-refractivity contribution in [1.82, 2.24) is 13.9 Å². The fourth-order valence-corrected chi connectivity index (χ4v) is 4.99. The van der Waals surface area contributed by atoms with Gasteiger partial charge < -0.3 is 5.32 Å². The van der Waals surface area contributed by atoms with Crippen LogP contribution in [-0.4, -0.2) is 49.1 Å². The number of benzene rings is 2. The summed E-state index contributed by atoms with van der Waals surface area (Å²) in [7, 11) is -3.70. The summed E-state index contributed by atoms with van der Waals surface area (Å²) >= 11 is 6.17. The summed E-state index contributed by atoms with van der Waals surface area (Å²) in [5.41, 5.74) is 1.88. The van der Waals surface area contributed by atoms with Crippen LogP contribution in [0.25, 0.3) is 0 Å². The van der Waals surface area contributed by atoms with Crippen LogP contribution < -0.4 is 5.32 Å². The first-order valence-electron chi connectivity index (χ1n) is 9.26. The SMILES string of the molecule is O=C(CN1CCCN(Cc2ccccc2Cl)S1(=O)=O)NCCc1ccccc1. The quantitative estimate of drug-likeness (QED) is 0.746. The van der Waals surface area contributed by atoms with Gasteiger partial charge >= 0.3 is 0 Å². The Balaban J connectivity index is 1.56. The van der Waals surface area contributed by atoms with E-state index in [0.717, 1.165) is 11.1 Å². The molecule has 2 aromatic carbocycles. The normalized spacial score (nSPS) is 17.3. The first kappa shape index (κ1) is 20.8. The zero-order valence-corrected chi connectivity index (χ0v) is 17.1. The largest absolute Gasteiger partial charge is 0.355 e. The van der Waals surface area contributed by atoms with Crippen LogP contribution in [0.4, 0.5) is 0 Å². The van der Waals surface area contributed by atoms with E-state index in [1.165, 1.54) is 8.61 Å². The third kappa shape index (κ3) is 5.32. The average Bonchev–Trinajstić information content (AvgIpc) is 2.67. The zero-order chi connectivity index (χ0) is 20.0. The lowest BCUT2D eigenvalue weighted by Gasteiger charge is -2.34. The van der Waals surface area contributed by atoms with Gasteiger partial charge in [0.05, 0.1) is 6.54 Å². The van der Waals surface area contributed by atoms with Gasteiger partial charge in [0.1, 0.15) is 0 Å². The molecule has 0 radical (unpaired) electrons. The molecule has 150 valence electrons. The molecule has 1 N–H and O–H groups in total. The van der Waals surface area contributed by atoms with Crippen molar-refractivity contribution >= 4 is 27.7 Å². The molecule has 0 aromatic heterocycles. The van der Waals surface area contributed by atoms with Gasteiger partial charge in [0.25, 0.3) is 10.2 Å². The second kappa shape index (κ2) is 9.52. The molecule has 28 heavy (non-hydrogen) atoms. The summed E-state index contributed by atoms with van der Waals surface area (Å²) in [4.78, 5) is 12.3. The van der Waals surface area contributed by atoms with E-state index >= 15 is 0 Å². The molecule has 0 bridgehead atoms. The lowest BCUT2D eigenvalue weighted by atomic mass is 10.1. The van der Waals surface area contributed by atoms with E-state index < -0.39 is 10.2 Å². The van der Waals surface area contributed by atoms with Gasteiger partial charge in [0.15, 0.2) is 0 Å². The minimum absolute atomic E-state index is 0.170. The topological polar surface area (TPSA) is 69.7 Å². The molecule has 1 fully saturated rings. The van der Waals surface area contributed by atoms with Crippen molar-refractivity contribution in [3.05, 3.63) is 70.7 Å². The third-order valence-electron chi connectivity index (χ3n) is 4.67. The van der Waals surface area contributed by atoms with E-state index in [2.05, 4.69) is 5.32 Å². The maximum Gasteiger partial charge on any atom is 0.282 e. The average molecular weight is 422 g/mol. The smallest absolute Gasteiger partial charge is 0.282 e. The molecule has 8 heteroatoms. The molecule has 0 atom stereocenters. The molecule has 1 heterocycles. The zero-order valence-electron chi connectivity index (χ0n) is 15.6. The molecule has 1 aliphatic rings. The van der Waals surface area contributed by atoms with Gasteiger partial charge in [-0.25, -0.2) is 0 Å². The van der Waals surface area contributed by atoms with E-state index in [0.29, 0.717) is 37.5 Å². The highest BCUT2D eigenvalue weighted by Gasteiger charge is 2.34. The molecule has 0 spiro atoms. The molecule has 6 nitrogen and oxygen atoms in total. The maximum absolute atomic E-state index is 12.9. The number of nitrogens with zero attached hydrogens (tertiary/aromatic N) is 2. The molecule has 1 amide bonds. The van der Waals surface area contributed by atoms with Crippen LogP contribution in [-0.2, 0) is 28.0 Å². The Morgan fingerprint density at radius 2 is 1.68 bits per heavy atom. The van der Waals surface area contributed by atoms with Crippen LogP contribution >= 0.6 is 11.6 Å². The molecule has 2 aromatic rings.